The molecule has 0 spiro atoms. The molecule has 37 heavy (non-hydrogen) atoms. The van der Waals surface area contributed by atoms with Gasteiger partial charge in [0.25, 0.3) is 0 Å². The van der Waals surface area contributed by atoms with Gasteiger partial charge >= 0.3 is 12.1 Å². The number of rotatable bonds is 17. The van der Waals surface area contributed by atoms with E-state index in [2.05, 4.69) is 57.5 Å². The summed E-state index contributed by atoms with van der Waals surface area (Å²) in [5.41, 5.74) is 0.158. The zero-order valence-electron chi connectivity index (χ0n) is 23.7. The van der Waals surface area contributed by atoms with Crippen molar-refractivity contribution in [3.8, 4) is 0 Å². The van der Waals surface area contributed by atoms with Crippen molar-refractivity contribution in [1.29, 1.82) is 0 Å². The Morgan fingerprint density at radius 2 is 2.00 bits per heavy atom. The lowest BCUT2D eigenvalue weighted by molar-refractivity contribution is 0.0493. The van der Waals surface area contributed by atoms with Crippen molar-refractivity contribution in [2.45, 2.75) is 114 Å². The van der Waals surface area contributed by atoms with E-state index in [1.165, 1.54) is 35.9 Å². The second kappa shape index (κ2) is 15.3. The van der Waals surface area contributed by atoms with Gasteiger partial charge in [-0.15, -0.1) is 11.3 Å². The highest BCUT2D eigenvalue weighted by Gasteiger charge is 2.37. The maximum atomic E-state index is 12.5. The number of unbranched alkanes of at least 4 members (excludes halogenated alkanes) is 3. The number of nitrogens with zero attached hydrogens (tertiary/aromatic N) is 2. The molecule has 2 rings (SSSR count). The van der Waals surface area contributed by atoms with Gasteiger partial charge in [-0.2, -0.15) is 0 Å². The standard InChI is InChI=1S/C27H46N2O5S2Si/c1-8-10-12-15-27(4,34-37(5,6)7)16-13-14-23-21(3)33-26(31)29(23)17-19-35-25-28-22(20-36-25)24(30)32-18-11-9-2/h13-14,20-21,23H,8-12,15-19H2,1-7H3/b14-13+/t21-,23-,27?/m0/s1. The van der Waals surface area contributed by atoms with Crippen molar-refractivity contribution in [2.75, 3.05) is 18.9 Å². The van der Waals surface area contributed by atoms with E-state index >= 15 is 0 Å². The maximum absolute atomic E-state index is 12.5. The van der Waals surface area contributed by atoms with E-state index in [-0.39, 0.29) is 29.8 Å². The van der Waals surface area contributed by atoms with Crippen molar-refractivity contribution >= 4 is 43.5 Å². The van der Waals surface area contributed by atoms with E-state index in [4.69, 9.17) is 13.9 Å². The second-order valence-corrected chi connectivity index (χ2v) is 17.5. The van der Waals surface area contributed by atoms with E-state index in [0.29, 0.717) is 24.6 Å². The Morgan fingerprint density at radius 1 is 1.27 bits per heavy atom. The van der Waals surface area contributed by atoms with Crippen molar-refractivity contribution in [2.24, 2.45) is 0 Å². The number of carbonyl (C=O) groups is 2. The minimum atomic E-state index is -1.70. The van der Waals surface area contributed by atoms with Crippen LogP contribution in [-0.4, -0.2) is 66.9 Å². The molecule has 210 valence electrons. The predicted octanol–water partition coefficient (Wildman–Crippen LogP) is 7.54. The van der Waals surface area contributed by atoms with Crippen LogP contribution in [-0.2, 0) is 13.9 Å². The Kier molecular flexibility index (Phi) is 13.2. The Morgan fingerprint density at radius 3 is 2.68 bits per heavy atom. The Labute approximate surface area is 232 Å². The molecule has 0 aliphatic carbocycles. The van der Waals surface area contributed by atoms with Crippen LogP contribution in [0.5, 0.6) is 0 Å². The van der Waals surface area contributed by atoms with Crippen molar-refractivity contribution < 1.29 is 23.5 Å². The molecule has 3 atom stereocenters. The summed E-state index contributed by atoms with van der Waals surface area (Å²) in [6, 6.07) is -0.111. The largest absolute Gasteiger partial charge is 0.461 e. The summed E-state index contributed by atoms with van der Waals surface area (Å²) in [5, 5.41) is 1.73. The van der Waals surface area contributed by atoms with Crippen LogP contribution < -0.4 is 0 Å². The van der Waals surface area contributed by atoms with E-state index in [9.17, 15) is 9.59 Å². The van der Waals surface area contributed by atoms with E-state index < -0.39 is 8.32 Å². The number of cyclic esters (lactones) is 1. The summed E-state index contributed by atoms with van der Waals surface area (Å²) in [4.78, 5) is 30.8. The highest BCUT2D eigenvalue weighted by Crippen LogP contribution is 2.30. The van der Waals surface area contributed by atoms with Crippen LogP contribution in [0.2, 0.25) is 19.6 Å². The highest BCUT2D eigenvalue weighted by atomic mass is 32.2. The van der Waals surface area contributed by atoms with Crippen LogP contribution in [0.25, 0.3) is 0 Å². The minimum Gasteiger partial charge on any atom is -0.461 e. The Hall–Kier alpha value is -1.36. The van der Waals surface area contributed by atoms with Gasteiger partial charge in [-0.05, 0) is 52.8 Å². The summed E-state index contributed by atoms with van der Waals surface area (Å²) in [6.45, 7) is 16.1. The fraction of sp³-hybridized carbons (Fsp3) is 0.741. The SMILES string of the molecule is CCCCCC(C)(C/C=C/[C@H]1[C@H](C)OC(=O)N1CCSc1nc(C(=O)OCCCC)cs1)O[Si](C)(C)C. The third-order valence-corrected chi connectivity index (χ3v) is 9.19. The van der Waals surface area contributed by atoms with Crippen LogP contribution in [0, 0.1) is 0 Å². The molecule has 1 fully saturated rings. The summed E-state index contributed by atoms with van der Waals surface area (Å²) < 4.78 is 18.2. The van der Waals surface area contributed by atoms with Gasteiger partial charge < -0.3 is 13.9 Å². The molecule has 0 saturated carbocycles. The van der Waals surface area contributed by atoms with Crippen LogP contribution in [0.4, 0.5) is 4.79 Å². The monoisotopic (exact) mass is 570 g/mol. The van der Waals surface area contributed by atoms with Crippen molar-refractivity contribution in [1.82, 2.24) is 9.88 Å². The quantitative estimate of drug-likeness (QED) is 0.0629. The topological polar surface area (TPSA) is 78.0 Å². The number of esters is 1. The second-order valence-electron chi connectivity index (χ2n) is 10.9. The molecule has 1 aliphatic rings. The van der Waals surface area contributed by atoms with Gasteiger partial charge in [-0.25, -0.2) is 14.6 Å². The molecular formula is C27H46N2O5S2Si. The van der Waals surface area contributed by atoms with Crippen molar-refractivity contribution in [3.05, 3.63) is 23.2 Å². The molecule has 1 amide bonds. The van der Waals surface area contributed by atoms with Gasteiger partial charge in [0.2, 0.25) is 0 Å². The Bertz CT molecular complexity index is 888. The first-order valence-electron chi connectivity index (χ1n) is 13.6. The number of carbonyl (C=O) groups excluding carboxylic acids is 2. The third-order valence-electron chi connectivity index (χ3n) is 6.09. The van der Waals surface area contributed by atoms with Crippen LogP contribution in [0.1, 0.15) is 83.1 Å². The molecule has 1 unspecified atom stereocenters. The zero-order chi connectivity index (χ0) is 27.5. The summed E-state index contributed by atoms with van der Waals surface area (Å²) in [6.07, 6.45) is 11.0. The molecule has 0 aromatic carbocycles. The van der Waals surface area contributed by atoms with Gasteiger partial charge in [-0.1, -0.05) is 63.4 Å². The lowest BCUT2D eigenvalue weighted by Gasteiger charge is -2.36. The molecule has 1 aromatic rings. The number of hydrogen-bond acceptors (Lipinski definition) is 8. The molecule has 7 nitrogen and oxygen atoms in total. The molecule has 1 aromatic heterocycles. The lowest BCUT2D eigenvalue weighted by Crippen LogP contribution is -2.40. The molecule has 1 saturated heterocycles. The average Bonchev–Trinajstić information content (AvgIpc) is 3.38. The van der Waals surface area contributed by atoms with E-state index in [0.717, 1.165) is 36.4 Å². The predicted molar refractivity (Wildman–Crippen MR) is 155 cm³/mol. The fourth-order valence-electron chi connectivity index (χ4n) is 4.34. The van der Waals surface area contributed by atoms with Gasteiger partial charge in [0.05, 0.1) is 18.2 Å². The first-order valence-corrected chi connectivity index (χ1v) is 18.8. The maximum Gasteiger partial charge on any atom is 0.410 e. The first kappa shape index (κ1) is 31.9. The molecule has 0 N–H and O–H groups in total. The molecule has 0 radical (unpaired) electrons. The lowest BCUT2D eigenvalue weighted by atomic mass is 9.94. The number of thiazole rings is 1. The Balaban J connectivity index is 1.93. The third kappa shape index (κ3) is 11.1. The number of aromatic nitrogens is 1. The van der Waals surface area contributed by atoms with Crippen LogP contribution >= 0.6 is 23.1 Å². The normalized spacial score (nSPS) is 19.9. The van der Waals surface area contributed by atoms with Gasteiger partial charge in [0, 0.05) is 17.7 Å². The fourth-order valence-corrected chi connectivity index (χ4v) is 7.81. The molecule has 0 bridgehead atoms. The number of amides is 1. The number of ether oxygens (including phenoxy) is 2. The minimum absolute atomic E-state index is 0.111. The summed E-state index contributed by atoms with van der Waals surface area (Å²) >= 11 is 2.96. The smallest absolute Gasteiger partial charge is 0.410 e. The average molecular weight is 571 g/mol. The van der Waals surface area contributed by atoms with Crippen molar-refractivity contribution in [3.63, 3.8) is 0 Å². The summed E-state index contributed by atoms with van der Waals surface area (Å²) in [7, 11) is -1.70. The molecule has 10 heteroatoms. The highest BCUT2D eigenvalue weighted by molar-refractivity contribution is 8.01. The van der Waals surface area contributed by atoms with Crippen LogP contribution in [0.15, 0.2) is 21.9 Å². The number of thioether (sulfide) groups is 1. The van der Waals surface area contributed by atoms with E-state index in [1.54, 1.807) is 10.3 Å². The molecule has 2 heterocycles. The van der Waals surface area contributed by atoms with Crippen LogP contribution in [0.3, 0.4) is 0 Å². The first-order chi connectivity index (χ1) is 17.5. The van der Waals surface area contributed by atoms with E-state index in [1.807, 2.05) is 6.92 Å². The van der Waals surface area contributed by atoms with Gasteiger partial charge in [0.15, 0.2) is 18.4 Å². The summed E-state index contributed by atoms with van der Waals surface area (Å²) in [5.74, 6) is 0.288. The number of hydrogen-bond donors (Lipinski definition) is 0. The molecular weight excluding hydrogens is 525 g/mol. The van der Waals surface area contributed by atoms with Gasteiger partial charge in [-0.3, -0.25) is 4.90 Å². The molecule has 1 aliphatic heterocycles. The zero-order valence-corrected chi connectivity index (χ0v) is 26.3. The van der Waals surface area contributed by atoms with Gasteiger partial charge in [0.1, 0.15) is 6.10 Å².